The van der Waals surface area contributed by atoms with Gasteiger partial charge in [-0.2, -0.15) is 0 Å². The number of aliphatic carboxylic acids is 1. The van der Waals surface area contributed by atoms with E-state index >= 15 is 0 Å². The summed E-state index contributed by atoms with van der Waals surface area (Å²) in [4.78, 5) is 71.9. The lowest BCUT2D eigenvalue weighted by atomic mass is 10.1. The molecular weight excluding hydrogens is 498 g/mol. The number of anilines is 1. The van der Waals surface area contributed by atoms with E-state index in [1.807, 2.05) is 24.3 Å². The molecule has 2 aromatic rings. The fraction of sp³-hybridized carbons (Fsp3) is 0.360. The minimum atomic E-state index is -1.34. The first-order chi connectivity index (χ1) is 17.9. The van der Waals surface area contributed by atoms with Crippen molar-refractivity contribution in [1.82, 2.24) is 16.0 Å². The summed E-state index contributed by atoms with van der Waals surface area (Å²) in [5, 5.41) is 20.0. The molecule has 0 aromatic heterocycles. The summed E-state index contributed by atoms with van der Waals surface area (Å²) in [6.45, 7) is 2.71. The van der Waals surface area contributed by atoms with Gasteiger partial charge in [0.2, 0.25) is 29.5 Å². The molecule has 0 heterocycles. The van der Waals surface area contributed by atoms with Crippen LogP contribution in [0.15, 0.2) is 36.4 Å². The summed E-state index contributed by atoms with van der Waals surface area (Å²) in [5.41, 5.74) is 5.63. The molecule has 0 aliphatic carbocycles. The van der Waals surface area contributed by atoms with E-state index in [-0.39, 0.29) is 6.42 Å². The number of carbonyl (C=O) groups excluding carboxylic acids is 5. The van der Waals surface area contributed by atoms with Gasteiger partial charge in [-0.1, -0.05) is 24.3 Å². The first-order valence-electron chi connectivity index (χ1n) is 11.7. The standard InChI is InChI=1S/C25H31N5O8/c1-13(27-21(32)8-9-22(33)34)23(35)28-14(2)24(36)30-18(12-20(26)31)25(37)29-16-10-15-6-4-5-7-17(15)19(11-16)38-3/h4-7,10-11,13-14,18H,8-9,12H2,1-3H3,(H2,26,31)(H,27,32)(H,28,35)(H,29,37)(H,30,36)(H,33,34)/t13-,14-,18-/m0/s1. The van der Waals surface area contributed by atoms with Gasteiger partial charge in [-0.15, -0.1) is 0 Å². The molecular formula is C25H31N5O8. The van der Waals surface area contributed by atoms with E-state index in [1.54, 1.807) is 12.1 Å². The van der Waals surface area contributed by atoms with Crippen molar-refractivity contribution in [2.75, 3.05) is 12.4 Å². The normalized spacial score (nSPS) is 12.9. The summed E-state index contributed by atoms with van der Waals surface area (Å²) in [7, 11) is 1.49. The molecule has 2 aromatic carbocycles. The monoisotopic (exact) mass is 529 g/mol. The van der Waals surface area contributed by atoms with Gasteiger partial charge in [0, 0.05) is 23.6 Å². The van der Waals surface area contributed by atoms with E-state index in [2.05, 4.69) is 21.3 Å². The number of primary amides is 1. The van der Waals surface area contributed by atoms with Crippen LogP contribution >= 0.6 is 0 Å². The quantitative estimate of drug-likeness (QED) is 0.208. The third kappa shape index (κ3) is 8.76. The molecule has 5 amide bonds. The van der Waals surface area contributed by atoms with Crippen LogP contribution in [0, 0.1) is 0 Å². The third-order valence-electron chi connectivity index (χ3n) is 5.44. The second kappa shape index (κ2) is 13.6. The number of fused-ring (bicyclic) bond motifs is 1. The SMILES string of the molecule is COc1cc(NC(=O)[C@H](CC(N)=O)NC(=O)[C@H](C)NC(=O)[C@H](C)NC(=O)CCC(=O)O)cc2ccccc12. The number of hydrogen-bond acceptors (Lipinski definition) is 7. The van der Waals surface area contributed by atoms with Crippen LogP contribution < -0.4 is 31.7 Å². The van der Waals surface area contributed by atoms with Gasteiger partial charge in [0.15, 0.2) is 0 Å². The summed E-state index contributed by atoms with van der Waals surface area (Å²) < 4.78 is 5.39. The van der Waals surface area contributed by atoms with Gasteiger partial charge in [-0.3, -0.25) is 28.8 Å². The van der Waals surface area contributed by atoms with Gasteiger partial charge in [0.05, 0.1) is 20.0 Å². The maximum Gasteiger partial charge on any atom is 0.303 e. The van der Waals surface area contributed by atoms with Gasteiger partial charge in [-0.25, -0.2) is 0 Å². The van der Waals surface area contributed by atoms with Crippen LogP contribution in [0.25, 0.3) is 10.8 Å². The highest BCUT2D eigenvalue weighted by atomic mass is 16.5. The third-order valence-corrected chi connectivity index (χ3v) is 5.44. The smallest absolute Gasteiger partial charge is 0.303 e. The molecule has 0 spiro atoms. The van der Waals surface area contributed by atoms with Crippen LogP contribution in [-0.2, 0) is 28.8 Å². The fourth-order valence-electron chi connectivity index (χ4n) is 3.46. The van der Waals surface area contributed by atoms with Crippen LogP contribution in [0.2, 0.25) is 0 Å². The van der Waals surface area contributed by atoms with Gasteiger partial charge >= 0.3 is 5.97 Å². The zero-order valence-corrected chi connectivity index (χ0v) is 21.2. The largest absolute Gasteiger partial charge is 0.496 e. The molecule has 0 saturated heterocycles. The van der Waals surface area contributed by atoms with E-state index in [4.69, 9.17) is 15.6 Å². The number of rotatable bonds is 13. The number of benzene rings is 2. The zero-order valence-electron chi connectivity index (χ0n) is 21.2. The van der Waals surface area contributed by atoms with Crippen LogP contribution in [-0.4, -0.2) is 65.8 Å². The Hall–Kier alpha value is -4.68. The second-order valence-corrected chi connectivity index (χ2v) is 8.53. The van der Waals surface area contributed by atoms with Crippen molar-refractivity contribution in [3.05, 3.63) is 36.4 Å². The van der Waals surface area contributed by atoms with Crippen molar-refractivity contribution < 1.29 is 38.6 Å². The highest BCUT2D eigenvalue weighted by Gasteiger charge is 2.27. The summed E-state index contributed by atoms with van der Waals surface area (Å²) in [5.74, 6) is -4.33. The van der Waals surface area contributed by atoms with Gasteiger partial charge in [-0.05, 0) is 25.3 Å². The summed E-state index contributed by atoms with van der Waals surface area (Å²) >= 11 is 0. The van der Waals surface area contributed by atoms with Crippen molar-refractivity contribution >= 4 is 52.0 Å². The van der Waals surface area contributed by atoms with E-state index in [0.29, 0.717) is 11.4 Å². The molecule has 0 bridgehead atoms. The van der Waals surface area contributed by atoms with E-state index in [0.717, 1.165) is 10.8 Å². The average molecular weight is 530 g/mol. The number of methoxy groups -OCH3 is 1. The van der Waals surface area contributed by atoms with E-state index in [9.17, 15) is 28.8 Å². The minimum Gasteiger partial charge on any atom is -0.496 e. The molecule has 13 nitrogen and oxygen atoms in total. The Morgan fingerprint density at radius 3 is 2.16 bits per heavy atom. The van der Waals surface area contributed by atoms with Crippen molar-refractivity contribution in [3.8, 4) is 5.75 Å². The number of amides is 5. The average Bonchev–Trinajstić information content (AvgIpc) is 2.85. The first-order valence-corrected chi connectivity index (χ1v) is 11.7. The molecule has 13 heteroatoms. The topological polar surface area (TPSA) is 206 Å². The Kier molecular flexibility index (Phi) is 10.6. The van der Waals surface area contributed by atoms with Crippen LogP contribution in [0.3, 0.4) is 0 Å². The van der Waals surface area contributed by atoms with Crippen molar-refractivity contribution in [1.29, 1.82) is 0 Å². The Morgan fingerprint density at radius 1 is 0.895 bits per heavy atom. The van der Waals surface area contributed by atoms with Crippen LogP contribution in [0.1, 0.15) is 33.1 Å². The lowest BCUT2D eigenvalue weighted by Crippen LogP contribution is -2.55. The molecule has 0 unspecified atom stereocenters. The molecule has 7 N–H and O–H groups in total. The van der Waals surface area contributed by atoms with Crippen molar-refractivity contribution in [2.24, 2.45) is 5.73 Å². The molecule has 0 fully saturated rings. The van der Waals surface area contributed by atoms with Gasteiger partial charge in [0.1, 0.15) is 23.9 Å². The number of carbonyl (C=O) groups is 6. The lowest BCUT2D eigenvalue weighted by Gasteiger charge is -2.22. The van der Waals surface area contributed by atoms with Crippen LogP contribution in [0.4, 0.5) is 5.69 Å². The van der Waals surface area contributed by atoms with Gasteiger partial charge < -0.3 is 36.8 Å². The molecule has 204 valence electrons. The van der Waals surface area contributed by atoms with Crippen molar-refractivity contribution in [2.45, 2.75) is 51.2 Å². The molecule has 2 rings (SSSR count). The Labute approximate surface area is 218 Å². The highest BCUT2D eigenvalue weighted by Crippen LogP contribution is 2.29. The van der Waals surface area contributed by atoms with Crippen LogP contribution in [0.5, 0.6) is 5.75 Å². The molecule has 0 aliphatic heterocycles. The molecule has 3 atom stereocenters. The number of nitrogens with two attached hydrogens (primary N) is 1. The Morgan fingerprint density at radius 2 is 1.53 bits per heavy atom. The Bertz CT molecular complexity index is 1230. The highest BCUT2D eigenvalue weighted by molar-refractivity contribution is 6.02. The summed E-state index contributed by atoms with van der Waals surface area (Å²) in [6, 6.07) is 7.10. The fourth-order valence-corrected chi connectivity index (χ4v) is 3.46. The maximum absolute atomic E-state index is 13.0. The minimum absolute atomic E-state index is 0.310. The zero-order chi connectivity index (χ0) is 28.4. The first kappa shape index (κ1) is 29.5. The molecule has 0 aliphatic rings. The summed E-state index contributed by atoms with van der Waals surface area (Å²) in [6.07, 6.45) is -1.21. The molecule has 0 saturated carbocycles. The number of ether oxygens (including phenoxy) is 1. The number of carboxylic acid groups (broad SMARTS) is 1. The maximum atomic E-state index is 13.0. The molecule has 0 radical (unpaired) electrons. The number of carboxylic acids is 1. The van der Waals surface area contributed by atoms with Gasteiger partial charge in [0.25, 0.3) is 0 Å². The van der Waals surface area contributed by atoms with E-state index in [1.165, 1.54) is 21.0 Å². The Balaban J connectivity index is 2.04. The predicted octanol–water partition coefficient (Wildman–Crippen LogP) is 0.0213. The van der Waals surface area contributed by atoms with E-state index < -0.39 is 66.5 Å². The molecule has 38 heavy (non-hydrogen) atoms. The van der Waals surface area contributed by atoms with Crippen molar-refractivity contribution in [3.63, 3.8) is 0 Å². The predicted molar refractivity (Wildman–Crippen MR) is 137 cm³/mol. The number of nitrogens with one attached hydrogen (secondary N) is 4. The number of hydrogen-bond donors (Lipinski definition) is 6. The second-order valence-electron chi connectivity index (χ2n) is 8.53. The lowest BCUT2D eigenvalue weighted by molar-refractivity contribution is -0.139.